The van der Waals surface area contributed by atoms with Crippen LogP contribution in [0.2, 0.25) is 0 Å². The van der Waals surface area contributed by atoms with Gasteiger partial charge in [-0.15, -0.1) is 0 Å². The Labute approximate surface area is 119 Å². The first-order valence-electron chi connectivity index (χ1n) is 6.99. The minimum absolute atomic E-state index is 0.515. The Balaban J connectivity index is 2.01. The van der Waals surface area contributed by atoms with E-state index < -0.39 is 0 Å². The zero-order chi connectivity index (χ0) is 14.5. The predicted molar refractivity (Wildman–Crippen MR) is 81.0 cm³/mol. The number of benzene rings is 1. The average molecular weight is 277 g/mol. The van der Waals surface area contributed by atoms with Crippen molar-refractivity contribution in [1.82, 2.24) is 9.55 Å². The van der Waals surface area contributed by atoms with Gasteiger partial charge in [-0.3, -0.25) is 0 Å². The SMILES string of the molecule is COc1ccc2c(c1)nc(N)n2CCOCCC(C)C. The summed E-state index contributed by atoms with van der Waals surface area (Å²) in [6.07, 6.45) is 1.08. The molecule has 0 atom stereocenters. The number of hydrogen-bond acceptors (Lipinski definition) is 4. The number of hydrogen-bond donors (Lipinski definition) is 1. The van der Waals surface area contributed by atoms with Gasteiger partial charge in [-0.25, -0.2) is 4.98 Å². The highest BCUT2D eigenvalue weighted by molar-refractivity contribution is 5.79. The number of nitrogen functional groups attached to an aromatic ring is 1. The minimum atomic E-state index is 0.515. The fourth-order valence-corrected chi connectivity index (χ4v) is 2.07. The third kappa shape index (κ3) is 3.42. The highest BCUT2D eigenvalue weighted by Gasteiger charge is 2.08. The largest absolute Gasteiger partial charge is 0.497 e. The predicted octanol–water partition coefficient (Wildman–Crippen LogP) is 2.69. The Kier molecular flexibility index (Phi) is 4.84. The van der Waals surface area contributed by atoms with Crippen LogP contribution in [0.15, 0.2) is 18.2 Å². The summed E-state index contributed by atoms with van der Waals surface area (Å²) in [5.41, 5.74) is 7.82. The molecule has 1 heterocycles. The normalized spacial score (nSPS) is 11.4. The summed E-state index contributed by atoms with van der Waals surface area (Å²) in [6, 6.07) is 5.78. The second kappa shape index (κ2) is 6.61. The van der Waals surface area contributed by atoms with Crippen molar-refractivity contribution >= 4 is 17.0 Å². The lowest BCUT2D eigenvalue weighted by atomic mass is 10.1. The number of rotatable bonds is 7. The molecule has 0 aliphatic rings. The maximum atomic E-state index is 5.96. The van der Waals surface area contributed by atoms with Crippen LogP contribution >= 0.6 is 0 Å². The number of anilines is 1. The molecule has 110 valence electrons. The lowest BCUT2D eigenvalue weighted by molar-refractivity contribution is 0.117. The molecule has 0 fully saturated rings. The fraction of sp³-hybridized carbons (Fsp3) is 0.533. The van der Waals surface area contributed by atoms with Gasteiger partial charge in [-0.2, -0.15) is 0 Å². The number of methoxy groups -OCH3 is 1. The van der Waals surface area contributed by atoms with Crippen molar-refractivity contribution in [3.63, 3.8) is 0 Å². The summed E-state index contributed by atoms with van der Waals surface area (Å²) >= 11 is 0. The molecule has 0 radical (unpaired) electrons. The number of ether oxygens (including phenoxy) is 2. The monoisotopic (exact) mass is 277 g/mol. The van der Waals surface area contributed by atoms with Crippen LogP contribution in [-0.2, 0) is 11.3 Å². The third-order valence-electron chi connectivity index (χ3n) is 3.28. The molecule has 0 aliphatic carbocycles. The standard InChI is InChI=1S/C15H23N3O2/c1-11(2)6-8-20-9-7-18-14-5-4-12(19-3)10-13(14)17-15(18)16/h4-5,10-11H,6-9H2,1-3H3,(H2,16,17). The first-order valence-corrected chi connectivity index (χ1v) is 6.99. The summed E-state index contributed by atoms with van der Waals surface area (Å²) in [5.74, 6) is 1.97. The van der Waals surface area contributed by atoms with E-state index in [0.29, 0.717) is 25.0 Å². The Morgan fingerprint density at radius 1 is 1.30 bits per heavy atom. The minimum Gasteiger partial charge on any atom is -0.497 e. The van der Waals surface area contributed by atoms with Gasteiger partial charge in [0.1, 0.15) is 5.75 Å². The van der Waals surface area contributed by atoms with Crippen molar-refractivity contribution in [3.8, 4) is 5.75 Å². The molecule has 20 heavy (non-hydrogen) atoms. The van der Waals surface area contributed by atoms with Crippen molar-refractivity contribution in [2.24, 2.45) is 5.92 Å². The maximum Gasteiger partial charge on any atom is 0.201 e. The molecule has 0 amide bonds. The van der Waals surface area contributed by atoms with Crippen LogP contribution in [0.25, 0.3) is 11.0 Å². The lowest BCUT2D eigenvalue weighted by Crippen LogP contribution is -2.10. The van der Waals surface area contributed by atoms with Gasteiger partial charge in [-0.05, 0) is 24.5 Å². The molecule has 0 bridgehead atoms. The van der Waals surface area contributed by atoms with Gasteiger partial charge >= 0.3 is 0 Å². The van der Waals surface area contributed by atoms with Crippen LogP contribution in [0, 0.1) is 5.92 Å². The number of fused-ring (bicyclic) bond motifs is 1. The van der Waals surface area contributed by atoms with Crippen molar-refractivity contribution in [2.45, 2.75) is 26.8 Å². The highest BCUT2D eigenvalue weighted by atomic mass is 16.5. The molecule has 2 aromatic rings. The van der Waals surface area contributed by atoms with Crippen molar-refractivity contribution in [3.05, 3.63) is 18.2 Å². The second-order valence-electron chi connectivity index (χ2n) is 5.27. The Morgan fingerprint density at radius 3 is 2.80 bits per heavy atom. The number of imidazole rings is 1. The Hall–Kier alpha value is -1.75. The third-order valence-corrected chi connectivity index (χ3v) is 3.28. The molecule has 0 spiro atoms. The van der Waals surface area contributed by atoms with Gasteiger partial charge in [0, 0.05) is 19.2 Å². The molecule has 5 nitrogen and oxygen atoms in total. The van der Waals surface area contributed by atoms with Crippen molar-refractivity contribution in [2.75, 3.05) is 26.1 Å². The van der Waals surface area contributed by atoms with E-state index in [1.165, 1.54) is 0 Å². The van der Waals surface area contributed by atoms with Crippen molar-refractivity contribution < 1.29 is 9.47 Å². The van der Waals surface area contributed by atoms with E-state index in [1.807, 2.05) is 22.8 Å². The van der Waals surface area contributed by atoms with E-state index in [0.717, 1.165) is 29.8 Å². The number of nitrogens with two attached hydrogens (primary N) is 1. The van der Waals surface area contributed by atoms with E-state index >= 15 is 0 Å². The lowest BCUT2D eigenvalue weighted by Gasteiger charge is -2.09. The van der Waals surface area contributed by atoms with Gasteiger partial charge in [0.25, 0.3) is 0 Å². The van der Waals surface area contributed by atoms with E-state index in [4.69, 9.17) is 15.2 Å². The van der Waals surface area contributed by atoms with Gasteiger partial charge in [0.2, 0.25) is 5.95 Å². The highest BCUT2D eigenvalue weighted by Crippen LogP contribution is 2.22. The molecular formula is C15H23N3O2. The molecule has 2 N–H and O–H groups in total. The fourth-order valence-electron chi connectivity index (χ4n) is 2.07. The molecule has 0 unspecified atom stereocenters. The average Bonchev–Trinajstić information content (AvgIpc) is 2.73. The van der Waals surface area contributed by atoms with Crippen LogP contribution in [0.4, 0.5) is 5.95 Å². The number of nitrogens with zero attached hydrogens (tertiary/aromatic N) is 2. The van der Waals surface area contributed by atoms with E-state index in [2.05, 4.69) is 18.8 Å². The summed E-state index contributed by atoms with van der Waals surface area (Å²) in [7, 11) is 1.64. The van der Waals surface area contributed by atoms with Crippen LogP contribution in [-0.4, -0.2) is 29.9 Å². The maximum absolute atomic E-state index is 5.96. The first kappa shape index (κ1) is 14.7. The molecular weight excluding hydrogens is 254 g/mol. The zero-order valence-corrected chi connectivity index (χ0v) is 12.4. The Bertz CT molecular complexity index is 563. The summed E-state index contributed by atoms with van der Waals surface area (Å²) in [5, 5.41) is 0. The second-order valence-corrected chi connectivity index (χ2v) is 5.27. The molecule has 1 aromatic carbocycles. The molecule has 2 rings (SSSR count). The van der Waals surface area contributed by atoms with Gasteiger partial charge in [0.15, 0.2) is 0 Å². The topological polar surface area (TPSA) is 62.3 Å². The van der Waals surface area contributed by atoms with Crippen LogP contribution < -0.4 is 10.5 Å². The molecule has 0 aliphatic heterocycles. The van der Waals surface area contributed by atoms with Crippen LogP contribution in [0.3, 0.4) is 0 Å². The van der Waals surface area contributed by atoms with Gasteiger partial charge in [-0.1, -0.05) is 13.8 Å². The number of aromatic nitrogens is 2. The molecule has 0 saturated heterocycles. The van der Waals surface area contributed by atoms with Gasteiger partial charge in [0.05, 0.1) is 24.8 Å². The smallest absolute Gasteiger partial charge is 0.201 e. The van der Waals surface area contributed by atoms with E-state index in [-0.39, 0.29) is 0 Å². The summed E-state index contributed by atoms with van der Waals surface area (Å²) < 4.78 is 12.8. The van der Waals surface area contributed by atoms with Crippen molar-refractivity contribution in [1.29, 1.82) is 0 Å². The van der Waals surface area contributed by atoms with E-state index in [9.17, 15) is 0 Å². The molecule has 5 heteroatoms. The summed E-state index contributed by atoms with van der Waals surface area (Å²) in [4.78, 5) is 4.35. The summed E-state index contributed by atoms with van der Waals surface area (Å²) in [6.45, 7) is 6.54. The molecule has 1 aromatic heterocycles. The zero-order valence-electron chi connectivity index (χ0n) is 12.4. The first-order chi connectivity index (χ1) is 9.61. The van der Waals surface area contributed by atoms with Crippen LogP contribution in [0.5, 0.6) is 5.75 Å². The van der Waals surface area contributed by atoms with Crippen LogP contribution in [0.1, 0.15) is 20.3 Å². The quantitative estimate of drug-likeness (QED) is 0.790. The Morgan fingerprint density at radius 2 is 2.10 bits per heavy atom. The van der Waals surface area contributed by atoms with Gasteiger partial charge < -0.3 is 19.8 Å². The van der Waals surface area contributed by atoms with E-state index in [1.54, 1.807) is 7.11 Å². The molecule has 0 saturated carbocycles.